The Hall–Kier alpha value is -3.04. The summed E-state index contributed by atoms with van der Waals surface area (Å²) in [6, 6.07) is 18.7. The Bertz CT molecular complexity index is 932. The van der Waals surface area contributed by atoms with Gasteiger partial charge >= 0.3 is 0 Å². The molecule has 1 unspecified atom stereocenters. The van der Waals surface area contributed by atoms with Crippen molar-refractivity contribution in [2.75, 3.05) is 4.90 Å². The summed E-state index contributed by atoms with van der Waals surface area (Å²) < 4.78 is 0. The SMILES string of the molecule is Cc1ccccc1CC1S/C(=C(/C#N)C(N)=O)N(c2ccccc2)C1=O. The van der Waals surface area contributed by atoms with Crippen LogP contribution < -0.4 is 10.6 Å². The van der Waals surface area contributed by atoms with Crippen molar-refractivity contribution in [1.82, 2.24) is 0 Å². The number of rotatable bonds is 4. The fourth-order valence-electron chi connectivity index (χ4n) is 2.85. The highest BCUT2D eigenvalue weighted by Crippen LogP contribution is 2.41. The largest absolute Gasteiger partial charge is 0.365 e. The second-order valence-corrected chi connectivity index (χ2v) is 7.09. The van der Waals surface area contributed by atoms with E-state index >= 15 is 0 Å². The van der Waals surface area contributed by atoms with Crippen LogP contribution in [0.2, 0.25) is 0 Å². The summed E-state index contributed by atoms with van der Waals surface area (Å²) in [4.78, 5) is 26.2. The van der Waals surface area contributed by atoms with Gasteiger partial charge in [-0.1, -0.05) is 54.2 Å². The molecular formula is C20H17N3O2S. The molecule has 1 heterocycles. The maximum atomic E-state index is 13.1. The Morgan fingerprint density at radius 2 is 1.85 bits per heavy atom. The number of amides is 2. The number of anilines is 1. The minimum absolute atomic E-state index is 0.159. The van der Waals surface area contributed by atoms with E-state index in [0.717, 1.165) is 11.1 Å². The molecule has 0 aromatic heterocycles. The zero-order valence-corrected chi connectivity index (χ0v) is 15.0. The Labute approximate surface area is 156 Å². The number of carbonyl (C=O) groups is 2. The van der Waals surface area contributed by atoms with Crippen molar-refractivity contribution >= 4 is 29.3 Å². The number of nitrogens with zero attached hydrogens (tertiary/aromatic N) is 2. The second-order valence-electron chi connectivity index (χ2n) is 5.90. The normalized spacial score (nSPS) is 18.5. The third-order valence-electron chi connectivity index (χ3n) is 4.21. The summed E-state index contributed by atoms with van der Waals surface area (Å²) in [5.41, 5.74) is 7.94. The molecule has 1 fully saturated rings. The van der Waals surface area contributed by atoms with Crippen LogP contribution in [0.5, 0.6) is 0 Å². The molecule has 1 aliphatic heterocycles. The van der Waals surface area contributed by atoms with Crippen LogP contribution in [0.25, 0.3) is 0 Å². The summed E-state index contributed by atoms with van der Waals surface area (Å²) in [6.45, 7) is 2.00. The number of hydrogen-bond acceptors (Lipinski definition) is 4. The van der Waals surface area contributed by atoms with E-state index in [2.05, 4.69) is 0 Å². The molecule has 1 saturated heterocycles. The number of thioether (sulfide) groups is 1. The number of primary amides is 1. The van der Waals surface area contributed by atoms with E-state index in [-0.39, 0.29) is 11.5 Å². The number of hydrogen-bond donors (Lipinski definition) is 1. The molecule has 1 aliphatic rings. The van der Waals surface area contributed by atoms with E-state index in [1.54, 1.807) is 24.3 Å². The lowest BCUT2D eigenvalue weighted by Crippen LogP contribution is -2.31. The number of benzene rings is 2. The van der Waals surface area contributed by atoms with Gasteiger partial charge < -0.3 is 5.73 Å². The number of para-hydroxylation sites is 1. The first-order chi connectivity index (χ1) is 12.5. The van der Waals surface area contributed by atoms with Gasteiger partial charge in [0.2, 0.25) is 5.91 Å². The fourth-order valence-corrected chi connectivity index (χ4v) is 4.15. The number of carbonyl (C=O) groups excluding carboxylic acids is 2. The van der Waals surface area contributed by atoms with Gasteiger partial charge in [0.05, 0.1) is 5.25 Å². The first kappa shape index (κ1) is 17.8. The van der Waals surface area contributed by atoms with Crippen molar-refractivity contribution in [3.8, 4) is 6.07 Å². The van der Waals surface area contributed by atoms with Crippen LogP contribution in [0.3, 0.4) is 0 Å². The van der Waals surface area contributed by atoms with Crippen molar-refractivity contribution in [2.45, 2.75) is 18.6 Å². The molecule has 0 spiro atoms. The fraction of sp³-hybridized carbons (Fsp3) is 0.150. The van der Waals surface area contributed by atoms with Gasteiger partial charge in [-0.05, 0) is 36.6 Å². The zero-order chi connectivity index (χ0) is 18.7. The monoisotopic (exact) mass is 363 g/mol. The summed E-state index contributed by atoms with van der Waals surface area (Å²) in [7, 11) is 0. The predicted octanol–water partition coefficient (Wildman–Crippen LogP) is 2.91. The summed E-state index contributed by atoms with van der Waals surface area (Å²) in [5, 5.41) is 9.25. The Morgan fingerprint density at radius 3 is 2.46 bits per heavy atom. The first-order valence-electron chi connectivity index (χ1n) is 8.07. The van der Waals surface area contributed by atoms with E-state index in [9.17, 15) is 14.9 Å². The van der Waals surface area contributed by atoms with Crippen molar-refractivity contribution in [1.29, 1.82) is 5.26 Å². The average Bonchev–Trinajstić information content (AvgIpc) is 2.94. The van der Waals surface area contributed by atoms with E-state index in [1.165, 1.54) is 16.7 Å². The van der Waals surface area contributed by atoms with Crippen LogP contribution in [-0.2, 0) is 16.0 Å². The molecule has 2 aromatic carbocycles. The highest BCUT2D eigenvalue weighted by Gasteiger charge is 2.40. The molecule has 6 heteroatoms. The molecule has 0 saturated carbocycles. The van der Waals surface area contributed by atoms with Crippen LogP contribution in [0.1, 0.15) is 11.1 Å². The van der Waals surface area contributed by atoms with Crippen molar-refractivity contribution < 1.29 is 9.59 Å². The lowest BCUT2D eigenvalue weighted by atomic mass is 10.0. The predicted molar refractivity (Wildman–Crippen MR) is 102 cm³/mol. The van der Waals surface area contributed by atoms with Gasteiger partial charge in [0.25, 0.3) is 5.91 Å². The van der Waals surface area contributed by atoms with Gasteiger partial charge in [-0.25, -0.2) is 0 Å². The molecule has 2 amide bonds. The molecule has 2 N–H and O–H groups in total. The van der Waals surface area contributed by atoms with Crippen molar-refractivity contribution in [2.24, 2.45) is 5.73 Å². The molecule has 1 atom stereocenters. The molecule has 5 nitrogen and oxygen atoms in total. The molecule has 0 aliphatic carbocycles. The summed E-state index contributed by atoms with van der Waals surface area (Å²) in [6.07, 6.45) is 0.514. The summed E-state index contributed by atoms with van der Waals surface area (Å²) in [5.74, 6) is -0.992. The molecule has 130 valence electrons. The second kappa shape index (κ2) is 7.46. The molecular weight excluding hydrogens is 346 g/mol. The zero-order valence-electron chi connectivity index (χ0n) is 14.2. The van der Waals surface area contributed by atoms with E-state index in [1.807, 2.05) is 43.3 Å². The van der Waals surface area contributed by atoms with Gasteiger partial charge in [-0.3, -0.25) is 14.5 Å². The highest BCUT2D eigenvalue weighted by molar-refractivity contribution is 8.05. The quantitative estimate of drug-likeness (QED) is 0.668. The molecule has 3 rings (SSSR count). The lowest BCUT2D eigenvalue weighted by molar-refractivity contribution is -0.117. The van der Waals surface area contributed by atoms with Gasteiger partial charge in [0.1, 0.15) is 16.7 Å². The molecule has 0 radical (unpaired) electrons. The molecule has 2 aromatic rings. The van der Waals surface area contributed by atoms with Crippen LogP contribution in [0, 0.1) is 18.3 Å². The van der Waals surface area contributed by atoms with Gasteiger partial charge in [0, 0.05) is 5.69 Å². The minimum Gasteiger partial charge on any atom is -0.365 e. The third-order valence-corrected chi connectivity index (χ3v) is 5.47. The molecule has 26 heavy (non-hydrogen) atoms. The number of nitrogens with two attached hydrogens (primary N) is 1. The topological polar surface area (TPSA) is 87.2 Å². The van der Waals surface area contributed by atoms with E-state index < -0.39 is 11.2 Å². The van der Waals surface area contributed by atoms with Gasteiger partial charge in [0.15, 0.2) is 0 Å². The smallest absolute Gasteiger partial charge is 0.262 e. The highest BCUT2D eigenvalue weighted by atomic mass is 32.2. The Kier molecular flexibility index (Phi) is 5.10. The number of nitriles is 1. The van der Waals surface area contributed by atoms with Crippen LogP contribution in [0.4, 0.5) is 5.69 Å². The van der Waals surface area contributed by atoms with Crippen molar-refractivity contribution in [3.05, 3.63) is 76.3 Å². The van der Waals surface area contributed by atoms with E-state index in [4.69, 9.17) is 5.73 Å². The van der Waals surface area contributed by atoms with E-state index in [0.29, 0.717) is 17.1 Å². The maximum Gasteiger partial charge on any atom is 0.262 e. The van der Waals surface area contributed by atoms with Crippen LogP contribution in [0.15, 0.2) is 65.2 Å². The number of aryl methyl sites for hydroxylation is 1. The van der Waals surface area contributed by atoms with Crippen molar-refractivity contribution in [3.63, 3.8) is 0 Å². The lowest BCUT2D eigenvalue weighted by Gasteiger charge is -2.18. The van der Waals surface area contributed by atoms with Gasteiger partial charge in [-0.15, -0.1) is 0 Å². The average molecular weight is 363 g/mol. The van der Waals surface area contributed by atoms with Crippen LogP contribution >= 0.6 is 11.8 Å². The maximum absolute atomic E-state index is 13.1. The first-order valence-corrected chi connectivity index (χ1v) is 8.95. The van der Waals surface area contributed by atoms with Crippen LogP contribution in [-0.4, -0.2) is 17.1 Å². The Balaban J connectivity index is 2.04. The third kappa shape index (κ3) is 3.35. The standard InChI is InChI=1S/C20H17N3O2S/c1-13-7-5-6-8-14(13)11-17-19(25)23(15-9-3-2-4-10-15)20(26-17)16(12-21)18(22)24/h2-10,17H,11H2,1H3,(H2,22,24)/b20-16-. The van der Waals surface area contributed by atoms with Gasteiger partial charge in [-0.2, -0.15) is 5.26 Å². The minimum atomic E-state index is -0.833. The Morgan fingerprint density at radius 1 is 1.19 bits per heavy atom. The summed E-state index contributed by atoms with van der Waals surface area (Å²) >= 11 is 1.22. The molecule has 0 bridgehead atoms.